The summed E-state index contributed by atoms with van der Waals surface area (Å²) in [6.45, 7) is 1.60. The summed E-state index contributed by atoms with van der Waals surface area (Å²) in [5.41, 5.74) is 4.89. The van der Waals surface area contributed by atoms with Crippen LogP contribution in [-0.4, -0.2) is 22.7 Å². The summed E-state index contributed by atoms with van der Waals surface area (Å²) in [5, 5.41) is 9.00. The van der Waals surface area contributed by atoms with Crippen LogP contribution in [0, 0.1) is 18.6 Å². The molecule has 1 aromatic rings. The minimum Gasteiger partial charge on any atom is -0.490 e. The molecule has 1 fully saturated rings. The molecule has 104 valence electrons. The average molecular weight is 271 g/mol. The first-order chi connectivity index (χ1) is 8.82. The molecule has 2 rings (SSSR count). The van der Waals surface area contributed by atoms with E-state index in [1.807, 2.05) is 0 Å². The number of benzene rings is 1. The van der Waals surface area contributed by atoms with Crippen LogP contribution in [0.25, 0.3) is 0 Å². The van der Waals surface area contributed by atoms with Crippen LogP contribution in [-0.2, 0) is 4.79 Å². The maximum absolute atomic E-state index is 13.1. The molecule has 0 amide bonds. The fourth-order valence-electron chi connectivity index (χ4n) is 2.26. The lowest BCUT2D eigenvalue weighted by Crippen LogP contribution is -2.46. The van der Waals surface area contributed by atoms with Gasteiger partial charge >= 0.3 is 5.97 Å². The summed E-state index contributed by atoms with van der Waals surface area (Å²) >= 11 is 0. The Bertz CT molecular complexity index is 521. The van der Waals surface area contributed by atoms with E-state index >= 15 is 0 Å². The zero-order valence-corrected chi connectivity index (χ0v) is 10.5. The molecule has 1 aliphatic carbocycles. The smallest absolute Gasteiger partial charge is 0.323 e. The molecule has 0 aliphatic heterocycles. The average Bonchev–Trinajstić information content (AvgIpc) is 2.69. The topological polar surface area (TPSA) is 72.5 Å². The van der Waals surface area contributed by atoms with E-state index in [4.69, 9.17) is 15.6 Å². The van der Waals surface area contributed by atoms with Crippen molar-refractivity contribution in [1.29, 1.82) is 0 Å². The van der Waals surface area contributed by atoms with Crippen LogP contribution in [0.5, 0.6) is 5.75 Å². The summed E-state index contributed by atoms with van der Waals surface area (Å²) in [4.78, 5) is 11.0. The first-order valence-corrected chi connectivity index (χ1v) is 5.96. The van der Waals surface area contributed by atoms with Gasteiger partial charge in [-0.25, -0.2) is 8.78 Å². The van der Waals surface area contributed by atoms with Gasteiger partial charge in [-0.05, 0) is 31.4 Å². The predicted octanol–water partition coefficient (Wildman–Crippen LogP) is 1.99. The highest BCUT2D eigenvalue weighted by Crippen LogP contribution is 2.32. The number of carbonyl (C=O) groups is 1. The van der Waals surface area contributed by atoms with Gasteiger partial charge < -0.3 is 15.6 Å². The van der Waals surface area contributed by atoms with E-state index < -0.39 is 29.2 Å². The third-order valence-electron chi connectivity index (χ3n) is 3.44. The van der Waals surface area contributed by atoms with Gasteiger partial charge in [-0.2, -0.15) is 0 Å². The Morgan fingerprint density at radius 1 is 1.47 bits per heavy atom. The van der Waals surface area contributed by atoms with Crippen molar-refractivity contribution >= 4 is 5.97 Å². The van der Waals surface area contributed by atoms with E-state index in [1.165, 1.54) is 0 Å². The van der Waals surface area contributed by atoms with Crippen molar-refractivity contribution in [3.05, 3.63) is 29.3 Å². The number of halogens is 2. The Balaban J connectivity index is 2.12. The minimum atomic E-state index is -1.29. The highest BCUT2D eigenvalue weighted by Gasteiger charge is 2.43. The SMILES string of the molecule is Cc1cc(F)c(F)cc1OC1CCC(N)(C(=O)O)C1. The molecule has 3 N–H and O–H groups in total. The Morgan fingerprint density at radius 2 is 2.11 bits per heavy atom. The van der Waals surface area contributed by atoms with Crippen molar-refractivity contribution in [2.45, 2.75) is 37.8 Å². The van der Waals surface area contributed by atoms with Crippen molar-refractivity contribution in [2.24, 2.45) is 5.73 Å². The fourth-order valence-corrected chi connectivity index (χ4v) is 2.26. The molecular weight excluding hydrogens is 256 g/mol. The molecule has 0 spiro atoms. The number of hydrogen-bond donors (Lipinski definition) is 2. The van der Waals surface area contributed by atoms with Gasteiger partial charge in [0, 0.05) is 12.5 Å². The van der Waals surface area contributed by atoms with Crippen LogP contribution in [0.2, 0.25) is 0 Å². The number of carboxylic acid groups (broad SMARTS) is 1. The first kappa shape index (κ1) is 13.7. The first-order valence-electron chi connectivity index (χ1n) is 5.96. The van der Waals surface area contributed by atoms with Gasteiger partial charge in [-0.15, -0.1) is 0 Å². The Morgan fingerprint density at radius 3 is 2.68 bits per heavy atom. The Hall–Kier alpha value is -1.69. The number of carboxylic acids is 1. The standard InChI is InChI=1S/C13H15F2NO3/c1-7-4-9(14)10(15)5-11(7)19-8-2-3-13(16,6-8)12(17)18/h4-5,8H,2-3,6,16H2,1H3,(H,17,18). The van der Waals surface area contributed by atoms with Crippen LogP contribution in [0.4, 0.5) is 8.78 Å². The molecule has 1 aromatic carbocycles. The summed E-state index contributed by atoms with van der Waals surface area (Å²) in [7, 11) is 0. The lowest BCUT2D eigenvalue weighted by atomic mass is 10.00. The van der Waals surface area contributed by atoms with Crippen molar-refractivity contribution in [2.75, 3.05) is 0 Å². The van der Waals surface area contributed by atoms with Crippen molar-refractivity contribution < 1.29 is 23.4 Å². The van der Waals surface area contributed by atoms with E-state index in [0.29, 0.717) is 18.4 Å². The molecule has 2 atom stereocenters. The van der Waals surface area contributed by atoms with E-state index in [-0.39, 0.29) is 12.2 Å². The monoisotopic (exact) mass is 271 g/mol. The lowest BCUT2D eigenvalue weighted by Gasteiger charge is -2.19. The largest absolute Gasteiger partial charge is 0.490 e. The lowest BCUT2D eigenvalue weighted by molar-refractivity contribution is -0.143. The number of aliphatic carboxylic acids is 1. The second-order valence-corrected chi connectivity index (χ2v) is 4.98. The molecule has 19 heavy (non-hydrogen) atoms. The molecule has 1 saturated carbocycles. The number of hydrogen-bond acceptors (Lipinski definition) is 3. The predicted molar refractivity (Wildman–Crippen MR) is 63.9 cm³/mol. The van der Waals surface area contributed by atoms with Gasteiger partial charge in [0.25, 0.3) is 0 Å². The summed E-state index contributed by atoms with van der Waals surface area (Å²) in [5.74, 6) is -2.77. The molecule has 2 unspecified atom stereocenters. The third kappa shape index (κ3) is 2.68. The maximum atomic E-state index is 13.1. The van der Waals surface area contributed by atoms with Crippen LogP contribution < -0.4 is 10.5 Å². The third-order valence-corrected chi connectivity index (χ3v) is 3.44. The number of aryl methyl sites for hydroxylation is 1. The Labute approximate surface area is 109 Å². The van der Waals surface area contributed by atoms with Crippen LogP contribution in [0.1, 0.15) is 24.8 Å². The summed E-state index contributed by atoms with van der Waals surface area (Å²) < 4.78 is 31.7. The Kier molecular flexibility index (Phi) is 3.45. The van der Waals surface area contributed by atoms with Gasteiger partial charge in [0.15, 0.2) is 11.6 Å². The fraction of sp³-hybridized carbons (Fsp3) is 0.462. The van der Waals surface area contributed by atoms with Gasteiger partial charge in [-0.3, -0.25) is 4.79 Å². The quantitative estimate of drug-likeness (QED) is 0.881. The molecule has 4 nitrogen and oxygen atoms in total. The van der Waals surface area contributed by atoms with Gasteiger partial charge in [0.1, 0.15) is 17.4 Å². The molecule has 0 heterocycles. The van der Waals surface area contributed by atoms with Crippen molar-refractivity contribution in [1.82, 2.24) is 0 Å². The zero-order chi connectivity index (χ0) is 14.2. The van der Waals surface area contributed by atoms with Gasteiger partial charge in [0.05, 0.1) is 0 Å². The number of nitrogens with two attached hydrogens (primary N) is 1. The number of ether oxygens (including phenoxy) is 1. The molecular formula is C13H15F2NO3. The molecule has 0 saturated heterocycles. The van der Waals surface area contributed by atoms with Crippen molar-refractivity contribution in [3.63, 3.8) is 0 Å². The molecule has 1 aliphatic rings. The summed E-state index contributed by atoms with van der Waals surface area (Å²) in [6, 6.07) is 2.02. The molecule has 0 bridgehead atoms. The van der Waals surface area contributed by atoms with Gasteiger partial charge in [0.2, 0.25) is 0 Å². The van der Waals surface area contributed by atoms with Crippen molar-refractivity contribution in [3.8, 4) is 5.75 Å². The molecule has 0 radical (unpaired) electrons. The van der Waals surface area contributed by atoms with Crippen LogP contribution in [0.3, 0.4) is 0 Å². The van der Waals surface area contributed by atoms with E-state index in [1.54, 1.807) is 6.92 Å². The minimum absolute atomic E-state index is 0.154. The zero-order valence-electron chi connectivity index (χ0n) is 10.5. The number of rotatable bonds is 3. The highest BCUT2D eigenvalue weighted by molar-refractivity contribution is 5.79. The van der Waals surface area contributed by atoms with E-state index in [9.17, 15) is 13.6 Å². The van der Waals surface area contributed by atoms with Crippen LogP contribution >= 0.6 is 0 Å². The highest BCUT2D eigenvalue weighted by atomic mass is 19.2. The summed E-state index contributed by atoms with van der Waals surface area (Å²) in [6.07, 6.45) is 0.530. The molecule has 6 heteroatoms. The maximum Gasteiger partial charge on any atom is 0.323 e. The van der Waals surface area contributed by atoms with Gasteiger partial charge in [-0.1, -0.05) is 0 Å². The van der Waals surface area contributed by atoms with E-state index in [0.717, 1.165) is 12.1 Å². The normalized spacial score (nSPS) is 26.4. The molecule has 0 aromatic heterocycles. The van der Waals surface area contributed by atoms with Crippen LogP contribution in [0.15, 0.2) is 12.1 Å². The second kappa shape index (κ2) is 4.77. The second-order valence-electron chi connectivity index (χ2n) is 4.98. The van der Waals surface area contributed by atoms with E-state index in [2.05, 4.69) is 0 Å².